The molecule has 1 aromatic carbocycles. The lowest BCUT2D eigenvalue weighted by Crippen LogP contribution is -2.49. The highest BCUT2D eigenvalue weighted by atomic mass is 16.6. The summed E-state index contributed by atoms with van der Waals surface area (Å²) < 4.78 is 5.39. The van der Waals surface area contributed by atoms with Crippen LogP contribution in [0.2, 0.25) is 0 Å². The van der Waals surface area contributed by atoms with Crippen molar-refractivity contribution in [2.24, 2.45) is 0 Å². The van der Waals surface area contributed by atoms with E-state index in [0.29, 0.717) is 39.4 Å². The summed E-state index contributed by atoms with van der Waals surface area (Å²) in [6.07, 6.45) is 1.75. The van der Waals surface area contributed by atoms with Gasteiger partial charge >= 0.3 is 0 Å². The Bertz CT molecular complexity index is 894. The third-order valence-corrected chi connectivity index (χ3v) is 5.23. The highest BCUT2D eigenvalue weighted by molar-refractivity contribution is 5.98. The van der Waals surface area contributed by atoms with Crippen molar-refractivity contribution in [1.82, 2.24) is 15.1 Å². The Morgan fingerprint density at radius 1 is 1.03 bits per heavy atom. The summed E-state index contributed by atoms with van der Waals surface area (Å²) in [5.74, 6) is 0.455. The van der Waals surface area contributed by atoms with Crippen molar-refractivity contribution in [3.8, 4) is 0 Å². The van der Waals surface area contributed by atoms with Crippen LogP contribution in [-0.4, -0.2) is 78.4 Å². The third kappa shape index (κ3) is 4.11. The molecule has 2 aromatic rings. The fourth-order valence-electron chi connectivity index (χ4n) is 3.62. The fourth-order valence-corrected chi connectivity index (χ4v) is 3.62. The number of amides is 1. The van der Waals surface area contributed by atoms with Crippen molar-refractivity contribution < 1.29 is 14.5 Å². The first-order valence-corrected chi connectivity index (χ1v) is 9.56. The smallest absolute Gasteiger partial charge is 0.282 e. The lowest BCUT2D eigenvalue weighted by molar-refractivity contribution is -0.385. The largest absolute Gasteiger partial charge is 0.378 e. The molecule has 0 radical (unpaired) electrons. The zero-order valence-corrected chi connectivity index (χ0v) is 15.9. The van der Waals surface area contributed by atoms with Gasteiger partial charge in [-0.05, 0) is 6.07 Å². The third-order valence-electron chi connectivity index (χ3n) is 5.23. The highest BCUT2D eigenvalue weighted by Crippen LogP contribution is 2.23. The number of nitro groups is 1. The Morgan fingerprint density at radius 2 is 1.76 bits per heavy atom. The zero-order valence-electron chi connectivity index (χ0n) is 15.9. The quantitative estimate of drug-likeness (QED) is 0.559. The van der Waals surface area contributed by atoms with Gasteiger partial charge in [0.1, 0.15) is 5.56 Å². The maximum absolute atomic E-state index is 12.8. The molecule has 152 valence electrons. The van der Waals surface area contributed by atoms with Gasteiger partial charge in [-0.2, -0.15) is 5.10 Å². The fraction of sp³-hybridized carbons (Fsp3) is 0.421. The zero-order chi connectivity index (χ0) is 20.2. The predicted octanol–water partition coefficient (Wildman–Crippen LogP) is 1.18. The molecule has 0 atom stereocenters. The predicted molar refractivity (Wildman–Crippen MR) is 106 cm³/mol. The second kappa shape index (κ2) is 8.39. The summed E-state index contributed by atoms with van der Waals surface area (Å²) in [4.78, 5) is 29.4. The minimum Gasteiger partial charge on any atom is -0.378 e. The SMILES string of the molecule is O=C(c1ccccc1[N+](=O)[O-])N1CCN(c2cc(N3CCOCC3)cnn2)CC1. The number of anilines is 2. The molecule has 10 nitrogen and oxygen atoms in total. The average Bonchev–Trinajstić information content (AvgIpc) is 2.79. The summed E-state index contributed by atoms with van der Waals surface area (Å²) in [5, 5.41) is 19.6. The molecule has 0 aliphatic carbocycles. The van der Waals surface area contributed by atoms with Crippen molar-refractivity contribution in [2.75, 3.05) is 62.3 Å². The molecular formula is C19H22N6O4. The lowest BCUT2D eigenvalue weighted by atomic mass is 10.1. The van der Waals surface area contributed by atoms with Crippen molar-refractivity contribution in [1.29, 1.82) is 0 Å². The van der Waals surface area contributed by atoms with Crippen molar-refractivity contribution in [2.45, 2.75) is 0 Å². The maximum Gasteiger partial charge on any atom is 0.282 e. The Balaban J connectivity index is 1.42. The number of hydrogen-bond donors (Lipinski definition) is 0. The van der Waals surface area contributed by atoms with Gasteiger partial charge in [0.15, 0.2) is 5.82 Å². The van der Waals surface area contributed by atoms with Crippen molar-refractivity contribution in [3.05, 3.63) is 52.2 Å². The summed E-state index contributed by atoms with van der Waals surface area (Å²) in [6, 6.07) is 8.08. The summed E-state index contributed by atoms with van der Waals surface area (Å²) in [5.41, 5.74) is 0.973. The highest BCUT2D eigenvalue weighted by Gasteiger charge is 2.28. The number of rotatable bonds is 4. The number of nitrogens with zero attached hydrogens (tertiary/aromatic N) is 6. The van der Waals surface area contributed by atoms with E-state index >= 15 is 0 Å². The first-order valence-electron chi connectivity index (χ1n) is 9.56. The Morgan fingerprint density at radius 3 is 2.48 bits per heavy atom. The average molecular weight is 398 g/mol. The van der Waals surface area contributed by atoms with Gasteiger partial charge in [-0.3, -0.25) is 14.9 Å². The van der Waals surface area contributed by atoms with Gasteiger partial charge in [0.05, 0.1) is 30.0 Å². The van der Waals surface area contributed by atoms with Crippen LogP contribution in [0.5, 0.6) is 0 Å². The minimum absolute atomic E-state index is 0.125. The topological polar surface area (TPSA) is 105 Å². The van der Waals surface area contributed by atoms with Crippen LogP contribution in [0.25, 0.3) is 0 Å². The normalized spacial score (nSPS) is 17.3. The van der Waals surface area contributed by atoms with Crippen LogP contribution in [0.1, 0.15) is 10.4 Å². The number of ether oxygens (including phenoxy) is 1. The number of piperazine rings is 1. The molecule has 2 aliphatic rings. The molecule has 2 saturated heterocycles. The van der Waals surface area contributed by atoms with Gasteiger partial charge in [-0.25, -0.2) is 0 Å². The van der Waals surface area contributed by atoms with E-state index in [1.807, 2.05) is 6.07 Å². The minimum atomic E-state index is -0.518. The number of hydrogen-bond acceptors (Lipinski definition) is 8. The van der Waals surface area contributed by atoms with Crippen LogP contribution < -0.4 is 9.80 Å². The second-order valence-electron chi connectivity index (χ2n) is 6.92. The molecule has 0 saturated carbocycles. The van der Waals surface area contributed by atoms with Crippen LogP contribution >= 0.6 is 0 Å². The molecule has 0 spiro atoms. The number of para-hydroxylation sites is 1. The molecule has 0 unspecified atom stereocenters. The molecule has 2 aliphatic heterocycles. The number of aromatic nitrogens is 2. The van der Waals surface area contributed by atoms with Crippen LogP contribution in [-0.2, 0) is 4.74 Å². The van der Waals surface area contributed by atoms with Crippen molar-refractivity contribution >= 4 is 23.1 Å². The standard InChI is InChI=1S/C19H22N6O4/c26-19(16-3-1-2-4-17(16)25(27)28)24-7-5-23(6-8-24)18-13-15(14-20-21-18)22-9-11-29-12-10-22/h1-4,13-14H,5-12H2. The summed E-state index contributed by atoms with van der Waals surface area (Å²) >= 11 is 0. The van der Waals surface area contributed by atoms with Crippen molar-refractivity contribution in [3.63, 3.8) is 0 Å². The van der Waals surface area contributed by atoms with Crippen LogP contribution in [0, 0.1) is 10.1 Å². The molecule has 10 heteroatoms. The van der Waals surface area contributed by atoms with Gasteiger partial charge in [0.2, 0.25) is 0 Å². The number of benzene rings is 1. The van der Waals surface area contributed by atoms with Crippen LogP contribution in [0.3, 0.4) is 0 Å². The van der Waals surface area contributed by atoms with E-state index in [9.17, 15) is 14.9 Å². The van der Waals surface area contributed by atoms with E-state index in [1.165, 1.54) is 12.1 Å². The van der Waals surface area contributed by atoms with Gasteiger partial charge in [0.25, 0.3) is 11.6 Å². The number of carbonyl (C=O) groups is 1. The van der Waals surface area contributed by atoms with E-state index in [1.54, 1.807) is 23.2 Å². The summed E-state index contributed by atoms with van der Waals surface area (Å²) in [6.45, 7) is 5.16. The molecular weight excluding hydrogens is 376 g/mol. The maximum atomic E-state index is 12.8. The first kappa shape index (κ1) is 19.1. The molecule has 3 heterocycles. The molecule has 0 bridgehead atoms. The van der Waals surface area contributed by atoms with Gasteiger partial charge in [-0.1, -0.05) is 12.1 Å². The first-order chi connectivity index (χ1) is 14.1. The monoisotopic (exact) mass is 398 g/mol. The van der Waals surface area contributed by atoms with Gasteiger partial charge in [-0.15, -0.1) is 5.10 Å². The van der Waals surface area contributed by atoms with Gasteiger partial charge in [0, 0.05) is 51.4 Å². The molecule has 1 amide bonds. The van der Waals surface area contributed by atoms with E-state index in [-0.39, 0.29) is 17.2 Å². The summed E-state index contributed by atoms with van der Waals surface area (Å²) in [7, 11) is 0. The lowest BCUT2D eigenvalue weighted by Gasteiger charge is -2.35. The van der Waals surface area contributed by atoms with E-state index in [4.69, 9.17) is 4.74 Å². The Labute approximate surface area is 167 Å². The number of carbonyl (C=O) groups excluding carboxylic acids is 1. The van der Waals surface area contributed by atoms with Crippen LogP contribution in [0.15, 0.2) is 36.5 Å². The number of morpholine rings is 1. The second-order valence-corrected chi connectivity index (χ2v) is 6.92. The molecule has 4 rings (SSSR count). The molecule has 0 N–H and O–H groups in total. The van der Waals surface area contributed by atoms with E-state index in [0.717, 1.165) is 24.6 Å². The van der Waals surface area contributed by atoms with E-state index in [2.05, 4.69) is 20.0 Å². The number of nitro benzene ring substituents is 1. The Hall–Kier alpha value is -3.27. The van der Waals surface area contributed by atoms with Crippen LogP contribution in [0.4, 0.5) is 17.2 Å². The Kier molecular flexibility index (Phi) is 5.52. The molecule has 2 fully saturated rings. The molecule has 1 aromatic heterocycles. The van der Waals surface area contributed by atoms with Gasteiger partial charge < -0.3 is 19.4 Å². The van der Waals surface area contributed by atoms with E-state index < -0.39 is 4.92 Å². The molecule has 29 heavy (non-hydrogen) atoms.